The predicted molar refractivity (Wildman–Crippen MR) is 56.8 cm³/mol. The number of rotatable bonds is 3. The van der Waals surface area contributed by atoms with Gasteiger partial charge < -0.3 is 14.4 Å². The van der Waals surface area contributed by atoms with Crippen molar-refractivity contribution in [1.29, 1.82) is 0 Å². The number of hydrogen-bond acceptors (Lipinski definition) is 3. The molecule has 0 bridgehead atoms. The Bertz CT molecular complexity index is 380. The topological polar surface area (TPSA) is 51.5 Å². The Hall–Kier alpha value is -1.29. The van der Waals surface area contributed by atoms with E-state index in [0.717, 1.165) is 11.4 Å². The summed E-state index contributed by atoms with van der Waals surface area (Å²) in [6.45, 7) is 5.69. The van der Waals surface area contributed by atoms with Crippen molar-refractivity contribution in [3.8, 4) is 0 Å². The van der Waals surface area contributed by atoms with Crippen molar-refractivity contribution >= 4 is 5.97 Å². The molecular weight excluding hydrogens is 194 g/mol. The second-order valence-electron chi connectivity index (χ2n) is 3.46. The first-order valence-electron chi connectivity index (χ1n) is 4.97. The standard InChI is InChI=1S/C11H17NO3/c1-5-15-11(14)10-8(3)12(4)7(2)9(10)6-13/h13H,5-6H2,1-4H3. The predicted octanol–water partition coefficient (Wildman–Crippen LogP) is 1.31. The molecule has 4 nitrogen and oxygen atoms in total. The number of esters is 1. The van der Waals surface area contributed by atoms with Gasteiger partial charge in [0.25, 0.3) is 0 Å². The van der Waals surface area contributed by atoms with Gasteiger partial charge in [-0.25, -0.2) is 4.79 Å². The van der Waals surface area contributed by atoms with E-state index < -0.39 is 0 Å². The molecule has 0 aliphatic carbocycles. The van der Waals surface area contributed by atoms with E-state index in [9.17, 15) is 9.90 Å². The lowest BCUT2D eigenvalue weighted by Crippen LogP contribution is -2.08. The minimum Gasteiger partial charge on any atom is -0.462 e. The zero-order valence-electron chi connectivity index (χ0n) is 9.63. The van der Waals surface area contributed by atoms with Crippen molar-refractivity contribution in [2.45, 2.75) is 27.4 Å². The number of aliphatic hydroxyl groups is 1. The van der Waals surface area contributed by atoms with Crippen LogP contribution in [0.15, 0.2) is 0 Å². The van der Waals surface area contributed by atoms with Gasteiger partial charge in [0.05, 0.1) is 18.8 Å². The number of hydrogen-bond donors (Lipinski definition) is 1. The van der Waals surface area contributed by atoms with Crippen LogP contribution >= 0.6 is 0 Å². The summed E-state index contributed by atoms with van der Waals surface area (Å²) in [6.07, 6.45) is 0. The summed E-state index contributed by atoms with van der Waals surface area (Å²) >= 11 is 0. The Balaban J connectivity index is 3.27. The summed E-state index contributed by atoms with van der Waals surface area (Å²) in [7, 11) is 1.87. The maximum atomic E-state index is 11.7. The van der Waals surface area contributed by atoms with Gasteiger partial charge >= 0.3 is 5.97 Å². The van der Waals surface area contributed by atoms with Gasteiger partial charge in [-0.1, -0.05) is 0 Å². The highest BCUT2D eigenvalue weighted by Gasteiger charge is 2.21. The van der Waals surface area contributed by atoms with Crippen molar-refractivity contribution in [3.05, 3.63) is 22.5 Å². The maximum Gasteiger partial charge on any atom is 0.340 e. The van der Waals surface area contributed by atoms with Gasteiger partial charge in [0, 0.05) is 24.0 Å². The Morgan fingerprint density at radius 2 is 2.00 bits per heavy atom. The molecule has 0 saturated carbocycles. The van der Waals surface area contributed by atoms with Crippen LogP contribution in [0.3, 0.4) is 0 Å². The SMILES string of the molecule is CCOC(=O)c1c(CO)c(C)n(C)c1C. The zero-order valence-corrected chi connectivity index (χ0v) is 9.63. The Kier molecular flexibility index (Phi) is 3.52. The van der Waals surface area contributed by atoms with Crippen molar-refractivity contribution < 1.29 is 14.6 Å². The minimum atomic E-state index is -0.359. The third-order valence-electron chi connectivity index (χ3n) is 2.74. The molecule has 4 heteroatoms. The number of aliphatic hydroxyl groups excluding tert-OH is 1. The van der Waals surface area contributed by atoms with Gasteiger partial charge in [-0.15, -0.1) is 0 Å². The molecule has 0 spiro atoms. The lowest BCUT2D eigenvalue weighted by Gasteiger charge is -2.03. The second kappa shape index (κ2) is 4.49. The summed E-state index contributed by atoms with van der Waals surface area (Å²) < 4.78 is 6.84. The van der Waals surface area contributed by atoms with Crippen LogP contribution in [0.4, 0.5) is 0 Å². The molecule has 0 atom stereocenters. The Labute approximate surface area is 89.5 Å². The van der Waals surface area contributed by atoms with Crippen LogP contribution < -0.4 is 0 Å². The summed E-state index contributed by atoms with van der Waals surface area (Å²) in [5, 5.41) is 9.23. The quantitative estimate of drug-likeness (QED) is 0.767. The first-order chi connectivity index (χ1) is 7.04. The third kappa shape index (κ3) is 1.90. The minimum absolute atomic E-state index is 0.137. The molecule has 0 fully saturated rings. The fraction of sp³-hybridized carbons (Fsp3) is 0.545. The van der Waals surface area contributed by atoms with E-state index in [1.165, 1.54) is 0 Å². The van der Waals surface area contributed by atoms with E-state index in [-0.39, 0.29) is 12.6 Å². The summed E-state index contributed by atoms with van der Waals surface area (Å²) in [4.78, 5) is 11.7. The van der Waals surface area contributed by atoms with Crippen molar-refractivity contribution in [3.63, 3.8) is 0 Å². The Morgan fingerprint density at radius 1 is 1.40 bits per heavy atom. The first-order valence-corrected chi connectivity index (χ1v) is 4.97. The average molecular weight is 211 g/mol. The number of ether oxygens (including phenoxy) is 1. The molecule has 1 aromatic heterocycles. The molecule has 0 aromatic carbocycles. The molecule has 84 valence electrons. The largest absolute Gasteiger partial charge is 0.462 e. The number of nitrogens with zero attached hydrogens (tertiary/aromatic N) is 1. The highest BCUT2D eigenvalue weighted by atomic mass is 16.5. The van der Waals surface area contributed by atoms with Gasteiger partial charge in [-0.3, -0.25) is 0 Å². The molecule has 1 aromatic rings. The van der Waals surface area contributed by atoms with Crippen LogP contribution in [0.25, 0.3) is 0 Å². The molecule has 0 radical (unpaired) electrons. The lowest BCUT2D eigenvalue weighted by molar-refractivity contribution is 0.0522. The van der Waals surface area contributed by atoms with Gasteiger partial charge in [0.1, 0.15) is 0 Å². The molecule has 1 heterocycles. The highest BCUT2D eigenvalue weighted by Crippen LogP contribution is 2.22. The van der Waals surface area contributed by atoms with Gasteiger partial charge in [0.2, 0.25) is 0 Å². The first kappa shape index (κ1) is 11.8. The molecule has 15 heavy (non-hydrogen) atoms. The molecule has 0 saturated heterocycles. The van der Waals surface area contributed by atoms with E-state index in [2.05, 4.69) is 0 Å². The molecule has 0 aliphatic rings. The third-order valence-corrected chi connectivity index (χ3v) is 2.74. The average Bonchev–Trinajstić information content (AvgIpc) is 2.42. The smallest absolute Gasteiger partial charge is 0.340 e. The number of carbonyl (C=O) groups is 1. The number of carbonyl (C=O) groups excluding carboxylic acids is 1. The fourth-order valence-electron chi connectivity index (χ4n) is 1.69. The summed E-state index contributed by atoms with van der Waals surface area (Å²) in [6, 6.07) is 0. The fourth-order valence-corrected chi connectivity index (χ4v) is 1.69. The molecule has 0 aliphatic heterocycles. The van der Waals surface area contributed by atoms with Crippen LogP contribution in [0.1, 0.15) is 34.2 Å². The molecule has 0 amide bonds. The van der Waals surface area contributed by atoms with Crippen LogP contribution in [-0.4, -0.2) is 22.2 Å². The van der Waals surface area contributed by atoms with Gasteiger partial charge in [-0.2, -0.15) is 0 Å². The van der Waals surface area contributed by atoms with E-state index in [1.54, 1.807) is 6.92 Å². The van der Waals surface area contributed by atoms with Crippen molar-refractivity contribution in [2.75, 3.05) is 6.61 Å². The van der Waals surface area contributed by atoms with Crippen molar-refractivity contribution in [1.82, 2.24) is 4.57 Å². The van der Waals surface area contributed by atoms with Crippen LogP contribution in [0.5, 0.6) is 0 Å². The highest BCUT2D eigenvalue weighted by molar-refractivity contribution is 5.93. The van der Waals surface area contributed by atoms with Gasteiger partial charge in [0.15, 0.2) is 0 Å². The second-order valence-corrected chi connectivity index (χ2v) is 3.46. The van der Waals surface area contributed by atoms with Crippen LogP contribution in [0, 0.1) is 13.8 Å². The zero-order chi connectivity index (χ0) is 11.6. The summed E-state index contributed by atoms with van der Waals surface area (Å²) in [5.41, 5.74) is 2.89. The van der Waals surface area contributed by atoms with E-state index >= 15 is 0 Å². The maximum absolute atomic E-state index is 11.7. The lowest BCUT2D eigenvalue weighted by atomic mass is 10.1. The monoisotopic (exact) mass is 211 g/mol. The molecule has 1 N–H and O–H groups in total. The van der Waals surface area contributed by atoms with Crippen molar-refractivity contribution in [2.24, 2.45) is 7.05 Å². The van der Waals surface area contributed by atoms with E-state index in [4.69, 9.17) is 4.74 Å². The molecule has 0 unspecified atom stereocenters. The summed E-state index contributed by atoms with van der Waals surface area (Å²) in [5.74, 6) is -0.359. The van der Waals surface area contributed by atoms with Crippen LogP contribution in [-0.2, 0) is 18.4 Å². The van der Waals surface area contributed by atoms with E-state index in [0.29, 0.717) is 17.7 Å². The van der Waals surface area contributed by atoms with E-state index in [1.807, 2.05) is 25.5 Å². The normalized spacial score (nSPS) is 10.5. The number of aromatic nitrogens is 1. The Morgan fingerprint density at radius 3 is 2.47 bits per heavy atom. The van der Waals surface area contributed by atoms with Crippen LogP contribution in [0.2, 0.25) is 0 Å². The molecular formula is C11H17NO3. The van der Waals surface area contributed by atoms with Gasteiger partial charge in [-0.05, 0) is 20.8 Å². The molecule has 1 rings (SSSR count).